The quantitative estimate of drug-likeness (QED) is 0.352. The van der Waals surface area contributed by atoms with Gasteiger partial charge in [-0.3, -0.25) is 0 Å². The molecule has 2 heterocycles. The van der Waals surface area contributed by atoms with Gasteiger partial charge in [0.15, 0.2) is 28.7 Å². The molecule has 1 aliphatic rings. The molecule has 194 valence electrons. The Kier molecular flexibility index (Phi) is 7.74. The van der Waals surface area contributed by atoms with Crippen LogP contribution >= 0.6 is 0 Å². The van der Waals surface area contributed by atoms with Crippen LogP contribution in [0.25, 0.3) is 24.3 Å². The predicted molar refractivity (Wildman–Crippen MR) is 145 cm³/mol. The lowest BCUT2D eigenvalue weighted by Crippen LogP contribution is -2.36. The van der Waals surface area contributed by atoms with Crippen molar-refractivity contribution < 1.29 is 28.4 Å². The molecule has 0 radical (unpaired) electrons. The third-order valence-electron chi connectivity index (χ3n) is 6.10. The van der Waals surface area contributed by atoms with Gasteiger partial charge in [-0.05, 0) is 48.4 Å². The van der Waals surface area contributed by atoms with Crippen molar-refractivity contribution in [3.63, 3.8) is 0 Å². The van der Waals surface area contributed by atoms with E-state index in [1.165, 1.54) is 0 Å². The molecule has 0 amide bonds. The molecule has 0 bridgehead atoms. The summed E-state index contributed by atoms with van der Waals surface area (Å²) in [5.41, 5.74) is 5.40. The number of aryl methyl sites for hydroxylation is 1. The Balaban J connectivity index is 1.78. The van der Waals surface area contributed by atoms with E-state index >= 15 is 0 Å². The summed E-state index contributed by atoms with van der Waals surface area (Å²) < 4.78 is 33.8. The number of nitrogens with zero attached hydrogens (tertiary/aromatic N) is 1. The van der Waals surface area contributed by atoms with Crippen LogP contribution < -0.4 is 23.7 Å². The topological polar surface area (TPSA) is 68.3 Å². The van der Waals surface area contributed by atoms with Crippen molar-refractivity contribution >= 4 is 24.3 Å². The second kappa shape index (κ2) is 11.0. The minimum atomic E-state index is -0.721. The van der Waals surface area contributed by atoms with Crippen molar-refractivity contribution in [2.45, 2.75) is 33.2 Å². The van der Waals surface area contributed by atoms with Crippen LogP contribution in [0, 0.1) is 6.92 Å². The number of pyridine rings is 1. The second-order valence-electron chi connectivity index (χ2n) is 8.99. The van der Waals surface area contributed by atoms with Crippen molar-refractivity contribution in [2.24, 2.45) is 0 Å². The summed E-state index contributed by atoms with van der Waals surface area (Å²) in [5, 5.41) is 0. The molecule has 1 aliphatic heterocycles. The average Bonchev–Trinajstić information content (AvgIpc) is 2.90. The maximum absolute atomic E-state index is 6.17. The molecule has 0 fully saturated rings. The van der Waals surface area contributed by atoms with E-state index in [1.807, 2.05) is 81.5 Å². The van der Waals surface area contributed by atoms with E-state index in [1.54, 1.807) is 28.4 Å². The summed E-state index contributed by atoms with van der Waals surface area (Å²) in [4.78, 5) is 4.90. The van der Waals surface area contributed by atoms with E-state index in [0.717, 1.165) is 39.4 Å². The van der Waals surface area contributed by atoms with Crippen molar-refractivity contribution in [1.82, 2.24) is 4.98 Å². The highest BCUT2D eigenvalue weighted by molar-refractivity contribution is 5.81. The fraction of sp³-hybridized carbons (Fsp3) is 0.300. The Morgan fingerprint density at radius 3 is 1.84 bits per heavy atom. The molecule has 1 aromatic heterocycles. The molecule has 0 unspecified atom stereocenters. The highest BCUT2D eigenvalue weighted by atomic mass is 16.7. The van der Waals surface area contributed by atoms with Gasteiger partial charge in [0.05, 0.1) is 46.4 Å². The Bertz CT molecular complexity index is 1340. The van der Waals surface area contributed by atoms with Crippen molar-refractivity contribution in [1.29, 1.82) is 0 Å². The van der Waals surface area contributed by atoms with E-state index in [2.05, 4.69) is 0 Å². The minimum absolute atomic E-state index is 0.411. The van der Waals surface area contributed by atoms with Crippen LogP contribution in [-0.4, -0.2) is 39.2 Å². The lowest BCUT2D eigenvalue weighted by Gasteiger charge is -2.34. The maximum atomic E-state index is 6.17. The summed E-state index contributed by atoms with van der Waals surface area (Å²) >= 11 is 0. The summed E-state index contributed by atoms with van der Waals surface area (Å²) in [6.07, 6.45) is 8.04. The molecule has 0 atom stereocenters. The lowest BCUT2D eigenvalue weighted by atomic mass is 10.00. The van der Waals surface area contributed by atoms with E-state index in [0.29, 0.717) is 29.6 Å². The molecule has 2 aromatic carbocycles. The third kappa shape index (κ3) is 5.73. The minimum Gasteiger partial charge on any atom is -0.493 e. The number of hydrogen-bond donors (Lipinski definition) is 0. The van der Waals surface area contributed by atoms with Gasteiger partial charge in [-0.1, -0.05) is 30.4 Å². The number of aromatic nitrogens is 1. The van der Waals surface area contributed by atoms with Crippen LogP contribution in [0.5, 0.6) is 28.7 Å². The van der Waals surface area contributed by atoms with E-state index in [4.69, 9.17) is 33.4 Å². The van der Waals surface area contributed by atoms with E-state index in [9.17, 15) is 0 Å². The number of ether oxygens (including phenoxy) is 6. The largest absolute Gasteiger partial charge is 0.493 e. The number of hydrogen-bond acceptors (Lipinski definition) is 7. The zero-order valence-electron chi connectivity index (χ0n) is 22.4. The maximum Gasteiger partial charge on any atom is 0.205 e. The van der Waals surface area contributed by atoms with Crippen molar-refractivity contribution in [3.8, 4) is 28.7 Å². The van der Waals surface area contributed by atoms with Gasteiger partial charge in [-0.2, -0.15) is 0 Å². The number of rotatable bonds is 8. The van der Waals surface area contributed by atoms with Gasteiger partial charge in [0.1, 0.15) is 0 Å². The molecule has 37 heavy (non-hydrogen) atoms. The van der Waals surface area contributed by atoms with Gasteiger partial charge in [0, 0.05) is 25.0 Å². The normalized spacial score (nSPS) is 14.4. The third-order valence-corrected chi connectivity index (χ3v) is 6.10. The Labute approximate surface area is 218 Å². The van der Waals surface area contributed by atoms with E-state index in [-0.39, 0.29) is 0 Å². The van der Waals surface area contributed by atoms with Gasteiger partial charge in [0.2, 0.25) is 5.79 Å². The Morgan fingerprint density at radius 2 is 1.30 bits per heavy atom. The van der Waals surface area contributed by atoms with Crippen LogP contribution in [-0.2, 0) is 11.3 Å². The standard InChI is InChI=1S/C30H33NO6/c1-19-29-23(18-36-30(2,3)37-29)22(12-8-20-10-14-25(32-4)27(16-20)34-6)24(31-19)13-9-21-11-15-26(33-5)28(17-21)35-7/h8-17H,18H2,1-7H3/b12-8+,13-9+. The molecule has 3 aromatic rings. The number of fused-ring (bicyclic) bond motifs is 1. The summed E-state index contributed by atoms with van der Waals surface area (Å²) in [6.45, 7) is 6.17. The first-order valence-corrected chi connectivity index (χ1v) is 11.9. The zero-order chi connectivity index (χ0) is 26.6. The SMILES string of the molecule is COc1ccc(/C=C/c2nc(C)c3c(c2/C=C/c2ccc(OC)c(OC)c2)COC(C)(C)O3)cc1OC. The zero-order valence-corrected chi connectivity index (χ0v) is 22.4. The average molecular weight is 504 g/mol. The van der Waals surface area contributed by atoms with Crippen molar-refractivity contribution in [2.75, 3.05) is 28.4 Å². The lowest BCUT2D eigenvalue weighted by molar-refractivity contribution is -0.180. The molecule has 0 saturated carbocycles. The van der Waals surface area contributed by atoms with Gasteiger partial charge in [0.25, 0.3) is 0 Å². The molecular weight excluding hydrogens is 470 g/mol. The highest BCUT2D eigenvalue weighted by Crippen LogP contribution is 2.38. The molecule has 7 nitrogen and oxygen atoms in total. The fourth-order valence-corrected chi connectivity index (χ4v) is 4.17. The summed E-state index contributed by atoms with van der Waals surface area (Å²) in [6, 6.07) is 11.6. The molecular formula is C30H33NO6. The highest BCUT2D eigenvalue weighted by Gasteiger charge is 2.31. The second-order valence-corrected chi connectivity index (χ2v) is 8.99. The van der Waals surface area contributed by atoms with Gasteiger partial charge in [-0.15, -0.1) is 0 Å². The van der Waals surface area contributed by atoms with Crippen molar-refractivity contribution in [3.05, 3.63) is 70.0 Å². The fourth-order valence-electron chi connectivity index (χ4n) is 4.17. The molecule has 0 saturated heterocycles. The molecule has 4 rings (SSSR count). The van der Waals surface area contributed by atoms with Crippen LogP contribution in [0.15, 0.2) is 36.4 Å². The van der Waals surface area contributed by atoms with Crippen LogP contribution in [0.2, 0.25) is 0 Å². The van der Waals surface area contributed by atoms with E-state index < -0.39 is 5.79 Å². The molecule has 0 N–H and O–H groups in total. The predicted octanol–water partition coefficient (Wildman–Crippen LogP) is 6.41. The Hall–Kier alpha value is -3.97. The monoisotopic (exact) mass is 503 g/mol. The molecule has 0 aliphatic carbocycles. The Morgan fingerprint density at radius 1 is 0.757 bits per heavy atom. The van der Waals surface area contributed by atoms with Gasteiger partial charge >= 0.3 is 0 Å². The van der Waals surface area contributed by atoms with Crippen LogP contribution in [0.4, 0.5) is 0 Å². The summed E-state index contributed by atoms with van der Waals surface area (Å²) in [7, 11) is 6.49. The molecule has 0 spiro atoms. The summed E-state index contributed by atoms with van der Waals surface area (Å²) in [5.74, 6) is 2.72. The van der Waals surface area contributed by atoms with Gasteiger partial charge < -0.3 is 28.4 Å². The number of methoxy groups -OCH3 is 4. The van der Waals surface area contributed by atoms with Crippen LogP contribution in [0.3, 0.4) is 0 Å². The van der Waals surface area contributed by atoms with Crippen LogP contribution in [0.1, 0.15) is 47.5 Å². The first-order valence-electron chi connectivity index (χ1n) is 11.9. The number of benzene rings is 2. The first kappa shape index (κ1) is 26.1. The molecule has 7 heteroatoms. The smallest absolute Gasteiger partial charge is 0.205 e. The first-order chi connectivity index (χ1) is 17.8. The van der Waals surface area contributed by atoms with Gasteiger partial charge in [-0.25, -0.2) is 4.98 Å².